The second-order valence-electron chi connectivity index (χ2n) is 3.79. The summed E-state index contributed by atoms with van der Waals surface area (Å²) in [7, 11) is 0. The van der Waals surface area contributed by atoms with Crippen molar-refractivity contribution in [3.8, 4) is 0 Å². The van der Waals surface area contributed by atoms with Crippen LogP contribution in [0.1, 0.15) is 0 Å². The maximum atomic E-state index is 11.8. The molecule has 108 valence electrons. The third kappa shape index (κ3) is 4.40. The number of amides is 1. The van der Waals surface area contributed by atoms with Gasteiger partial charge in [0.15, 0.2) is 5.16 Å². The Balaban J connectivity index is 1.99. The Labute approximate surface area is 128 Å². The van der Waals surface area contributed by atoms with Gasteiger partial charge in [0.2, 0.25) is 5.91 Å². The van der Waals surface area contributed by atoms with Gasteiger partial charge < -0.3 is 5.32 Å². The number of thioether (sulfide) groups is 1. The third-order valence-corrected chi connectivity index (χ3v) is 3.51. The van der Waals surface area contributed by atoms with E-state index < -0.39 is 4.92 Å². The monoisotopic (exact) mass is 324 g/mol. The van der Waals surface area contributed by atoms with Gasteiger partial charge in [-0.05, 0) is 12.1 Å². The van der Waals surface area contributed by atoms with Crippen LogP contribution < -0.4 is 5.32 Å². The lowest BCUT2D eigenvalue weighted by Crippen LogP contribution is -2.14. The predicted molar refractivity (Wildman–Crippen MR) is 79.5 cm³/mol. The molecule has 0 spiro atoms. The normalized spacial score (nSPS) is 10.1. The molecule has 0 unspecified atom stereocenters. The van der Waals surface area contributed by atoms with Crippen molar-refractivity contribution in [1.82, 2.24) is 9.97 Å². The molecule has 0 atom stereocenters. The van der Waals surface area contributed by atoms with Crippen molar-refractivity contribution in [2.24, 2.45) is 0 Å². The highest BCUT2D eigenvalue weighted by molar-refractivity contribution is 7.99. The van der Waals surface area contributed by atoms with Gasteiger partial charge in [0.05, 0.1) is 21.4 Å². The first-order valence-electron chi connectivity index (χ1n) is 5.70. The highest BCUT2D eigenvalue weighted by Crippen LogP contribution is 2.26. The lowest BCUT2D eigenvalue weighted by Gasteiger charge is -2.06. The van der Waals surface area contributed by atoms with Crippen molar-refractivity contribution >= 4 is 40.6 Å². The molecule has 0 aliphatic rings. The number of non-ortho nitro benzene ring substituents is 1. The number of rotatable bonds is 5. The first-order valence-corrected chi connectivity index (χ1v) is 7.06. The van der Waals surface area contributed by atoms with Gasteiger partial charge in [0, 0.05) is 24.5 Å². The number of nitro benzene ring substituents is 1. The Hall–Kier alpha value is -2.19. The van der Waals surface area contributed by atoms with Crippen molar-refractivity contribution in [3.63, 3.8) is 0 Å². The summed E-state index contributed by atoms with van der Waals surface area (Å²) in [6.07, 6.45) is 3.15. The van der Waals surface area contributed by atoms with Crippen molar-refractivity contribution in [3.05, 3.63) is 51.8 Å². The molecule has 1 aromatic heterocycles. The summed E-state index contributed by atoms with van der Waals surface area (Å²) < 4.78 is 0. The molecule has 9 heteroatoms. The molecule has 2 rings (SSSR count). The number of carbonyl (C=O) groups is 1. The molecule has 1 aromatic carbocycles. The number of nitrogens with zero attached hydrogens (tertiary/aromatic N) is 3. The molecule has 21 heavy (non-hydrogen) atoms. The average Bonchev–Trinajstić information content (AvgIpc) is 2.48. The Morgan fingerprint density at radius 2 is 2.10 bits per heavy atom. The molecule has 1 amide bonds. The summed E-state index contributed by atoms with van der Waals surface area (Å²) in [5, 5.41) is 13.9. The van der Waals surface area contributed by atoms with Crippen LogP contribution in [0.2, 0.25) is 5.02 Å². The van der Waals surface area contributed by atoms with Crippen LogP contribution >= 0.6 is 23.4 Å². The van der Waals surface area contributed by atoms with E-state index in [4.69, 9.17) is 11.6 Å². The SMILES string of the molecule is O=C(CSc1ncccn1)Nc1cc([N+](=O)[O-])ccc1Cl. The van der Waals surface area contributed by atoms with Crippen molar-refractivity contribution in [1.29, 1.82) is 0 Å². The molecule has 0 aliphatic carbocycles. The van der Waals surface area contributed by atoms with E-state index in [1.807, 2.05) is 0 Å². The number of hydrogen-bond acceptors (Lipinski definition) is 6. The zero-order valence-electron chi connectivity index (χ0n) is 10.5. The van der Waals surface area contributed by atoms with Crippen LogP contribution in [0.4, 0.5) is 11.4 Å². The van der Waals surface area contributed by atoms with E-state index in [1.165, 1.54) is 18.2 Å². The number of nitrogens with one attached hydrogen (secondary N) is 1. The van der Waals surface area contributed by atoms with Crippen LogP contribution in [0.25, 0.3) is 0 Å². The molecule has 2 aromatic rings. The number of nitro groups is 1. The third-order valence-electron chi connectivity index (χ3n) is 2.31. The predicted octanol–water partition coefficient (Wildman–Crippen LogP) is 2.77. The number of halogens is 1. The molecular formula is C12H9ClN4O3S. The Morgan fingerprint density at radius 3 is 2.76 bits per heavy atom. The maximum absolute atomic E-state index is 11.8. The van der Waals surface area contributed by atoms with E-state index in [2.05, 4.69) is 15.3 Å². The Kier molecular flexibility index (Phi) is 5.07. The van der Waals surface area contributed by atoms with E-state index >= 15 is 0 Å². The van der Waals surface area contributed by atoms with Crippen molar-refractivity contribution in [2.75, 3.05) is 11.1 Å². The summed E-state index contributed by atoms with van der Waals surface area (Å²) in [4.78, 5) is 29.9. The maximum Gasteiger partial charge on any atom is 0.271 e. The van der Waals surface area contributed by atoms with Gasteiger partial charge in [-0.3, -0.25) is 14.9 Å². The Morgan fingerprint density at radius 1 is 1.38 bits per heavy atom. The van der Waals surface area contributed by atoms with Crippen LogP contribution in [0.5, 0.6) is 0 Å². The second-order valence-corrected chi connectivity index (χ2v) is 5.14. The molecule has 0 radical (unpaired) electrons. The number of carbonyl (C=O) groups excluding carboxylic acids is 1. The molecule has 0 aliphatic heterocycles. The molecular weight excluding hydrogens is 316 g/mol. The lowest BCUT2D eigenvalue weighted by atomic mass is 10.3. The van der Waals surface area contributed by atoms with Gasteiger partial charge in [-0.15, -0.1) is 0 Å². The molecule has 1 heterocycles. The minimum absolute atomic E-state index is 0.0725. The van der Waals surface area contributed by atoms with Gasteiger partial charge in [-0.25, -0.2) is 9.97 Å². The van der Waals surface area contributed by atoms with Gasteiger partial charge in [-0.2, -0.15) is 0 Å². The first-order chi connectivity index (χ1) is 10.1. The summed E-state index contributed by atoms with van der Waals surface area (Å²) >= 11 is 7.05. The summed E-state index contributed by atoms with van der Waals surface area (Å²) in [6.45, 7) is 0. The van der Waals surface area contributed by atoms with E-state index in [1.54, 1.807) is 18.5 Å². The highest BCUT2D eigenvalue weighted by Gasteiger charge is 2.12. The van der Waals surface area contributed by atoms with E-state index in [0.717, 1.165) is 11.8 Å². The Bertz CT molecular complexity index is 669. The van der Waals surface area contributed by atoms with Crippen LogP contribution in [0.3, 0.4) is 0 Å². The summed E-state index contributed by atoms with van der Waals surface area (Å²) in [6, 6.07) is 5.52. The highest BCUT2D eigenvalue weighted by atomic mass is 35.5. The van der Waals surface area contributed by atoms with Crippen molar-refractivity contribution in [2.45, 2.75) is 5.16 Å². The van der Waals surface area contributed by atoms with Crippen LogP contribution in [-0.2, 0) is 4.79 Å². The minimum atomic E-state index is -0.557. The van der Waals surface area contributed by atoms with Crippen LogP contribution in [0, 0.1) is 10.1 Å². The molecule has 0 bridgehead atoms. The van der Waals surface area contributed by atoms with Crippen LogP contribution in [0.15, 0.2) is 41.8 Å². The molecule has 0 saturated carbocycles. The number of hydrogen-bond donors (Lipinski definition) is 1. The smallest absolute Gasteiger partial charge is 0.271 e. The number of benzene rings is 1. The fourth-order valence-electron chi connectivity index (χ4n) is 1.40. The number of anilines is 1. The largest absolute Gasteiger partial charge is 0.324 e. The van der Waals surface area contributed by atoms with E-state index in [0.29, 0.717) is 5.16 Å². The van der Waals surface area contributed by atoms with Gasteiger partial charge >= 0.3 is 0 Å². The van der Waals surface area contributed by atoms with Gasteiger partial charge in [0.25, 0.3) is 5.69 Å². The van der Waals surface area contributed by atoms with Crippen LogP contribution in [-0.4, -0.2) is 26.6 Å². The van der Waals surface area contributed by atoms with E-state index in [9.17, 15) is 14.9 Å². The standard InChI is InChI=1S/C12H9ClN4O3S/c13-9-3-2-8(17(19)20)6-10(9)16-11(18)7-21-12-14-4-1-5-15-12/h1-6H,7H2,(H,16,18). The van der Waals surface area contributed by atoms with Gasteiger partial charge in [0.1, 0.15) is 0 Å². The first kappa shape index (κ1) is 15.2. The molecule has 0 saturated heterocycles. The van der Waals surface area contributed by atoms with E-state index in [-0.39, 0.29) is 28.1 Å². The zero-order chi connectivity index (χ0) is 15.2. The second kappa shape index (κ2) is 7.00. The fourth-order valence-corrected chi connectivity index (χ4v) is 2.17. The lowest BCUT2D eigenvalue weighted by molar-refractivity contribution is -0.384. The average molecular weight is 325 g/mol. The molecule has 0 fully saturated rings. The van der Waals surface area contributed by atoms with Gasteiger partial charge in [-0.1, -0.05) is 23.4 Å². The van der Waals surface area contributed by atoms with Crippen molar-refractivity contribution < 1.29 is 9.72 Å². The summed E-state index contributed by atoms with van der Waals surface area (Å²) in [5.74, 6) is -0.280. The fraction of sp³-hybridized carbons (Fsp3) is 0.0833. The zero-order valence-corrected chi connectivity index (χ0v) is 12.1. The molecule has 1 N–H and O–H groups in total. The quantitative estimate of drug-likeness (QED) is 0.393. The molecule has 7 nitrogen and oxygen atoms in total. The topological polar surface area (TPSA) is 98.0 Å². The number of aromatic nitrogens is 2. The minimum Gasteiger partial charge on any atom is -0.324 e. The summed E-state index contributed by atoms with van der Waals surface area (Å²) in [5.41, 5.74) is 0.0548.